The number of aliphatic hydroxyl groups excluding tert-OH is 2. The first-order chi connectivity index (χ1) is 14.4. The molecule has 4 N–H and O–H groups in total. The normalized spacial score (nSPS) is 11.5. The molecule has 0 aliphatic carbocycles. The molecule has 4 aromatic rings. The Labute approximate surface area is 175 Å². The number of rotatable bonds is 6. The molecule has 1 aromatic carbocycles. The van der Waals surface area contributed by atoms with Crippen LogP contribution >= 0.6 is 11.6 Å². The van der Waals surface area contributed by atoms with Gasteiger partial charge in [-0.1, -0.05) is 11.6 Å². The van der Waals surface area contributed by atoms with Gasteiger partial charge in [0.15, 0.2) is 0 Å². The largest absolute Gasteiger partial charge is 0.394 e. The summed E-state index contributed by atoms with van der Waals surface area (Å²) in [6.45, 7) is -0.660. The highest BCUT2D eigenvalue weighted by molar-refractivity contribution is 6.31. The van der Waals surface area contributed by atoms with Crippen LogP contribution in [-0.2, 0) is 0 Å². The number of nitrogens with zero attached hydrogens (tertiary/aromatic N) is 4. The van der Waals surface area contributed by atoms with Crippen molar-refractivity contribution in [3.05, 3.63) is 65.6 Å². The Bertz CT molecular complexity index is 1250. The third-order valence-electron chi connectivity index (χ3n) is 4.83. The molecule has 10 heteroatoms. The molecule has 0 bridgehead atoms. The Balaban J connectivity index is 1.98. The zero-order valence-electron chi connectivity index (χ0n) is 15.5. The molecule has 0 saturated carbocycles. The summed E-state index contributed by atoms with van der Waals surface area (Å²) < 4.78 is 16.8. The number of benzene rings is 1. The Morgan fingerprint density at radius 2 is 1.90 bits per heavy atom. The van der Waals surface area contributed by atoms with Crippen LogP contribution in [0.5, 0.6) is 0 Å². The maximum absolute atomic E-state index is 13.7. The van der Waals surface area contributed by atoms with E-state index >= 15 is 0 Å². The van der Waals surface area contributed by atoms with E-state index in [-0.39, 0.29) is 23.9 Å². The van der Waals surface area contributed by atoms with Crippen molar-refractivity contribution in [1.82, 2.24) is 18.9 Å². The number of carbonyl (C=O) groups excluding carboxylic acids is 1. The summed E-state index contributed by atoms with van der Waals surface area (Å²) in [6, 6.07) is 7.03. The molecule has 30 heavy (non-hydrogen) atoms. The van der Waals surface area contributed by atoms with Crippen LogP contribution in [0.2, 0.25) is 5.02 Å². The monoisotopic (exact) mass is 429 g/mol. The standard InChI is InChI=1S/C20H17ClFN5O3/c21-14-5-11(1-3-15(14)22)18-19(27(10-25-18)13(8-28)9-29)12-2-4-17-24-6-16(20(23)30)26(17)7-12/h1-7,10,13,28-29H,8-9H2,(H2,23,30). The van der Waals surface area contributed by atoms with Gasteiger partial charge in [0.05, 0.1) is 48.2 Å². The van der Waals surface area contributed by atoms with Crippen molar-refractivity contribution in [2.24, 2.45) is 5.73 Å². The van der Waals surface area contributed by atoms with Crippen molar-refractivity contribution in [2.75, 3.05) is 13.2 Å². The van der Waals surface area contributed by atoms with Gasteiger partial charge in [0, 0.05) is 17.3 Å². The summed E-state index contributed by atoms with van der Waals surface area (Å²) in [5.41, 5.74) is 8.31. The lowest BCUT2D eigenvalue weighted by atomic mass is 10.1. The number of carbonyl (C=O) groups is 1. The van der Waals surface area contributed by atoms with E-state index in [9.17, 15) is 19.4 Å². The second kappa shape index (κ2) is 7.86. The van der Waals surface area contributed by atoms with Gasteiger partial charge < -0.3 is 20.5 Å². The number of aliphatic hydroxyl groups is 2. The minimum Gasteiger partial charge on any atom is -0.394 e. The third-order valence-corrected chi connectivity index (χ3v) is 5.12. The summed E-state index contributed by atoms with van der Waals surface area (Å²) in [5.74, 6) is -1.20. The topological polar surface area (TPSA) is 119 Å². The number of fused-ring (bicyclic) bond motifs is 1. The number of nitrogens with two attached hydrogens (primary N) is 1. The summed E-state index contributed by atoms with van der Waals surface area (Å²) in [7, 11) is 0. The predicted octanol–water partition coefficient (Wildman–Crippen LogP) is 2.28. The maximum atomic E-state index is 13.7. The molecule has 0 saturated heterocycles. The Morgan fingerprint density at radius 1 is 1.17 bits per heavy atom. The fourth-order valence-electron chi connectivity index (χ4n) is 3.32. The van der Waals surface area contributed by atoms with E-state index in [0.717, 1.165) is 0 Å². The molecule has 3 heterocycles. The highest BCUT2D eigenvalue weighted by Gasteiger charge is 2.22. The Hall–Kier alpha value is -3.27. The predicted molar refractivity (Wildman–Crippen MR) is 109 cm³/mol. The molecule has 1 amide bonds. The van der Waals surface area contributed by atoms with Gasteiger partial charge in [0.1, 0.15) is 17.2 Å². The van der Waals surface area contributed by atoms with Crippen LogP contribution in [0.25, 0.3) is 28.2 Å². The van der Waals surface area contributed by atoms with Crippen LogP contribution in [0.15, 0.2) is 49.1 Å². The second-order valence-corrected chi connectivity index (χ2v) is 7.06. The number of hydrogen-bond donors (Lipinski definition) is 3. The summed E-state index contributed by atoms with van der Waals surface area (Å²) in [4.78, 5) is 20.3. The minimum absolute atomic E-state index is 0.0602. The quantitative estimate of drug-likeness (QED) is 0.434. The SMILES string of the molecule is NC(=O)c1cnc2ccc(-c3c(-c4ccc(F)c(Cl)c4)ncn3C(CO)CO)cn12. The first-order valence-corrected chi connectivity index (χ1v) is 9.33. The summed E-state index contributed by atoms with van der Waals surface area (Å²) in [6.07, 6.45) is 4.52. The molecule has 0 spiro atoms. The van der Waals surface area contributed by atoms with Crippen LogP contribution in [0.4, 0.5) is 4.39 Å². The number of hydrogen-bond acceptors (Lipinski definition) is 5. The van der Waals surface area contributed by atoms with Crippen molar-refractivity contribution in [3.8, 4) is 22.5 Å². The van der Waals surface area contributed by atoms with E-state index in [2.05, 4.69) is 9.97 Å². The second-order valence-electron chi connectivity index (χ2n) is 6.65. The third kappa shape index (κ3) is 3.32. The average molecular weight is 430 g/mol. The molecular formula is C20H17ClFN5O3. The van der Waals surface area contributed by atoms with Gasteiger partial charge in [-0.2, -0.15) is 0 Å². The van der Waals surface area contributed by atoms with Gasteiger partial charge in [-0.15, -0.1) is 0 Å². The number of primary amides is 1. The average Bonchev–Trinajstić information content (AvgIpc) is 3.35. The molecular weight excluding hydrogens is 413 g/mol. The summed E-state index contributed by atoms with van der Waals surface area (Å²) >= 11 is 5.95. The van der Waals surface area contributed by atoms with Crippen LogP contribution in [-0.4, -0.2) is 48.3 Å². The maximum Gasteiger partial charge on any atom is 0.267 e. The fourth-order valence-corrected chi connectivity index (χ4v) is 3.50. The van der Waals surface area contributed by atoms with E-state index in [4.69, 9.17) is 17.3 Å². The van der Waals surface area contributed by atoms with E-state index in [0.29, 0.717) is 28.2 Å². The lowest BCUT2D eigenvalue weighted by Crippen LogP contribution is -2.17. The van der Waals surface area contributed by atoms with E-state index in [1.165, 1.54) is 30.7 Å². The van der Waals surface area contributed by atoms with Crippen molar-refractivity contribution >= 4 is 23.2 Å². The first-order valence-electron chi connectivity index (χ1n) is 8.95. The molecule has 0 aliphatic rings. The van der Waals surface area contributed by atoms with E-state index in [1.807, 2.05) is 0 Å². The van der Waals surface area contributed by atoms with Gasteiger partial charge in [-0.05, 0) is 30.3 Å². The zero-order valence-corrected chi connectivity index (χ0v) is 16.3. The molecule has 0 radical (unpaired) electrons. The van der Waals surface area contributed by atoms with Gasteiger partial charge in [-0.3, -0.25) is 9.20 Å². The fraction of sp³-hybridized carbons (Fsp3) is 0.150. The lowest BCUT2D eigenvalue weighted by Gasteiger charge is -2.18. The smallest absolute Gasteiger partial charge is 0.267 e. The van der Waals surface area contributed by atoms with Crippen molar-refractivity contribution in [3.63, 3.8) is 0 Å². The van der Waals surface area contributed by atoms with Crippen LogP contribution in [0, 0.1) is 5.82 Å². The molecule has 0 aliphatic heterocycles. The number of imidazole rings is 2. The number of aromatic nitrogens is 4. The molecule has 0 unspecified atom stereocenters. The lowest BCUT2D eigenvalue weighted by molar-refractivity contribution is 0.0994. The minimum atomic E-state index is -0.661. The number of pyridine rings is 1. The van der Waals surface area contributed by atoms with Gasteiger partial charge in [0.2, 0.25) is 0 Å². The Morgan fingerprint density at radius 3 is 2.57 bits per heavy atom. The molecule has 4 rings (SSSR count). The first kappa shape index (κ1) is 20.0. The van der Waals surface area contributed by atoms with Crippen LogP contribution in [0.3, 0.4) is 0 Å². The Kier molecular flexibility index (Phi) is 5.25. The molecule has 154 valence electrons. The van der Waals surface area contributed by atoms with E-state index in [1.54, 1.807) is 27.3 Å². The zero-order chi connectivity index (χ0) is 21.4. The molecule has 0 atom stereocenters. The molecule has 3 aromatic heterocycles. The highest BCUT2D eigenvalue weighted by Crippen LogP contribution is 2.35. The van der Waals surface area contributed by atoms with Crippen molar-refractivity contribution in [2.45, 2.75) is 6.04 Å². The van der Waals surface area contributed by atoms with Gasteiger partial charge in [0.25, 0.3) is 5.91 Å². The highest BCUT2D eigenvalue weighted by atomic mass is 35.5. The van der Waals surface area contributed by atoms with Crippen LogP contribution in [0.1, 0.15) is 16.5 Å². The van der Waals surface area contributed by atoms with Crippen molar-refractivity contribution in [1.29, 1.82) is 0 Å². The van der Waals surface area contributed by atoms with Crippen molar-refractivity contribution < 1.29 is 19.4 Å². The molecule has 8 nitrogen and oxygen atoms in total. The number of halogens is 2. The van der Waals surface area contributed by atoms with E-state index < -0.39 is 17.8 Å². The number of amides is 1. The summed E-state index contributed by atoms with van der Waals surface area (Å²) in [5, 5.41) is 19.4. The molecule has 0 fully saturated rings. The van der Waals surface area contributed by atoms with Crippen LogP contribution < -0.4 is 5.73 Å². The van der Waals surface area contributed by atoms with Gasteiger partial charge >= 0.3 is 0 Å². The van der Waals surface area contributed by atoms with Gasteiger partial charge in [-0.25, -0.2) is 14.4 Å².